The molecule has 0 amide bonds. The fourth-order valence-electron chi connectivity index (χ4n) is 18.1. The highest BCUT2D eigenvalue weighted by Gasteiger charge is 2.26. The number of rotatable bonds is 10. The van der Waals surface area contributed by atoms with Crippen LogP contribution in [-0.2, 0) is 0 Å². The third-order valence-electron chi connectivity index (χ3n) is 23.5. The van der Waals surface area contributed by atoms with E-state index in [2.05, 4.69) is 310 Å². The van der Waals surface area contributed by atoms with E-state index in [1.165, 1.54) is 36.5 Å². The van der Waals surface area contributed by atoms with E-state index in [-0.39, 0.29) is 0 Å². The molecule has 0 spiro atoms. The van der Waals surface area contributed by atoms with Gasteiger partial charge < -0.3 is 13.3 Å². The van der Waals surface area contributed by atoms with Gasteiger partial charge in [-0.25, -0.2) is 29.9 Å². The van der Waals surface area contributed by atoms with Crippen molar-refractivity contribution in [1.82, 2.24) is 29.9 Å². The number of fused-ring (bicyclic) bond motifs is 19. The van der Waals surface area contributed by atoms with Gasteiger partial charge in [0, 0.05) is 85.9 Å². The van der Waals surface area contributed by atoms with Gasteiger partial charge in [-0.05, 0) is 184 Å². The third-order valence-corrected chi connectivity index (χ3v) is 24.6. The second-order valence-corrected chi connectivity index (χ2v) is 31.4. The van der Waals surface area contributed by atoms with Gasteiger partial charge in [-0.1, -0.05) is 274 Å². The molecule has 0 N–H and O–H groups in total. The molecule has 1 unspecified atom stereocenters. The highest BCUT2D eigenvalue weighted by Crippen LogP contribution is 2.49. The minimum Gasteiger partial charge on any atom is -0.456 e. The van der Waals surface area contributed by atoms with Gasteiger partial charge in [-0.2, -0.15) is 0 Å². The lowest BCUT2D eigenvalue weighted by molar-refractivity contribution is 0.668. The van der Waals surface area contributed by atoms with Crippen molar-refractivity contribution in [1.29, 1.82) is 0 Å². The molecule has 0 saturated carbocycles. The molecule has 9 nitrogen and oxygen atoms in total. The van der Waals surface area contributed by atoms with Crippen LogP contribution in [0.15, 0.2) is 353 Å². The van der Waals surface area contributed by atoms with Crippen LogP contribution in [0.4, 0.5) is 0 Å². The van der Waals surface area contributed by atoms with Crippen molar-refractivity contribution < 1.29 is 13.3 Å². The first-order valence-electron chi connectivity index (χ1n) is 39.0. The first-order valence-corrected chi connectivity index (χ1v) is 39.8. The van der Waals surface area contributed by atoms with Gasteiger partial charge in [0.1, 0.15) is 33.5 Å². The van der Waals surface area contributed by atoms with Crippen LogP contribution in [0.2, 0.25) is 0 Å². The highest BCUT2D eigenvalue weighted by molar-refractivity contribution is 7.26. The largest absolute Gasteiger partial charge is 0.456 e. The van der Waals surface area contributed by atoms with Gasteiger partial charge in [-0.15, -0.1) is 11.3 Å². The average Bonchev–Trinajstić information content (AvgIpc) is 1.36. The zero-order chi connectivity index (χ0) is 75.5. The fourth-order valence-corrected chi connectivity index (χ4v) is 19.3. The smallest absolute Gasteiger partial charge is 0.164 e. The Morgan fingerprint density at radius 1 is 0.261 bits per heavy atom. The van der Waals surface area contributed by atoms with Crippen molar-refractivity contribution >= 4 is 157 Å². The van der Waals surface area contributed by atoms with Crippen molar-refractivity contribution in [3.8, 4) is 101 Å². The molecule has 6 aromatic heterocycles. The first-order chi connectivity index (χ1) is 56.8. The molecular weight excluding hydrogens is 1430 g/mol. The number of para-hydroxylation sites is 2. The maximum Gasteiger partial charge on any atom is 0.164 e. The summed E-state index contributed by atoms with van der Waals surface area (Å²) in [5.41, 5.74) is 19.0. The summed E-state index contributed by atoms with van der Waals surface area (Å²) in [5, 5.41) is 20.0. The quantitative estimate of drug-likeness (QED) is 0.123. The third kappa shape index (κ3) is 10.5. The van der Waals surface area contributed by atoms with E-state index in [0.717, 1.165) is 188 Å². The van der Waals surface area contributed by atoms with E-state index in [9.17, 15) is 0 Å². The summed E-state index contributed by atoms with van der Waals surface area (Å²) in [6.45, 7) is 2.24. The van der Waals surface area contributed by atoms with E-state index in [4.69, 9.17) is 43.2 Å². The van der Waals surface area contributed by atoms with Crippen LogP contribution >= 0.6 is 11.3 Å². The second-order valence-electron chi connectivity index (χ2n) is 30.3. The van der Waals surface area contributed by atoms with Crippen LogP contribution in [0.5, 0.6) is 0 Å². The zero-order valence-corrected chi connectivity index (χ0v) is 62.7. The molecule has 10 heteroatoms. The summed E-state index contributed by atoms with van der Waals surface area (Å²) in [4.78, 5) is 32.4. The lowest BCUT2D eigenvalue weighted by Gasteiger charge is -2.16. The molecule has 0 radical (unpaired) electrons. The maximum absolute atomic E-state index is 6.93. The number of hydrogen-bond donors (Lipinski definition) is 0. The first kappa shape index (κ1) is 64.9. The molecule has 536 valence electrons. The number of furan rings is 3. The van der Waals surface area contributed by atoms with Gasteiger partial charge in [0.2, 0.25) is 0 Å². The Morgan fingerprint density at radius 2 is 0.765 bits per heavy atom. The average molecular weight is 1490 g/mol. The molecule has 115 heavy (non-hydrogen) atoms. The predicted octanol–water partition coefficient (Wildman–Crippen LogP) is 28.9. The van der Waals surface area contributed by atoms with Gasteiger partial charge in [-0.3, -0.25) is 0 Å². The van der Waals surface area contributed by atoms with E-state index >= 15 is 0 Å². The normalized spacial score (nSPS) is 13.3. The van der Waals surface area contributed by atoms with Gasteiger partial charge in [0.15, 0.2) is 34.9 Å². The highest BCUT2D eigenvalue weighted by atomic mass is 32.1. The molecule has 0 saturated heterocycles. The molecule has 6 heterocycles. The van der Waals surface area contributed by atoms with Gasteiger partial charge in [0.25, 0.3) is 0 Å². The minimum absolute atomic E-state index is 0.317. The number of aromatic nitrogens is 6. The van der Waals surface area contributed by atoms with Crippen LogP contribution < -0.4 is 0 Å². The van der Waals surface area contributed by atoms with Crippen molar-refractivity contribution in [2.24, 2.45) is 5.92 Å². The Bertz CT molecular complexity index is 8180. The summed E-state index contributed by atoms with van der Waals surface area (Å²) in [7, 11) is 0. The zero-order valence-electron chi connectivity index (χ0n) is 61.9. The van der Waals surface area contributed by atoms with Crippen molar-refractivity contribution in [2.75, 3.05) is 0 Å². The number of hydrogen-bond acceptors (Lipinski definition) is 10. The Morgan fingerprint density at radius 3 is 1.57 bits per heavy atom. The Hall–Kier alpha value is -14.8. The minimum atomic E-state index is 0.317. The predicted molar refractivity (Wildman–Crippen MR) is 475 cm³/mol. The van der Waals surface area contributed by atoms with Crippen LogP contribution in [0.25, 0.3) is 247 Å². The molecule has 0 bridgehead atoms. The maximum atomic E-state index is 6.93. The van der Waals surface area contributed by atoms with Crippen molar-refractivity contribution in [2.45, 2.75) is 13.3 Å². The molecule has 24 rings (SSSR count). The van der Waals surface area contributed by atoms with E-state index in [0.29, 0.717) is 40.9 Å². The number of allylic oxidation sites excluding steroid dienone is 4. The second kappa shape index (κ2) is 25.6. The Balaban J connectivity index is 0.582. The van der Waals surface area contributed by atoms with Crippen molar-refractivity contribution in [3.63, 3.8) is 0 Å². The van der Waals surface area contributed by atoms with Crippen LogP contribution in [0.1, 0.15) is 19.2 Å². The Kier molecular flexibility index (Phi) is 14.5. The van der Waals surface area contributed by atoms with Crippen LogP contribution in [0, 0.1) is 5.92 Å². The molecule has 1 aliphatic carbocycles. The van der Waals surface area contributed by atoms with E-state index < -0.39 is 0 Å². The van der Waals surface area contributed by atoms with Gasteiger partial charge in [0.05, 0.1) is 0 Å². The molecule has 0 aliphatic heterocycles. The topological polar surface area (TPSA) is 117 Å². The number of thiophene rings is 1. The SMILES string of the molecule is CC1C=CC=C(c2nc(-c3cc4cc(-c5cccc6cc(-c7ccc(-c8nc(-c9ccc%10ccccc%10c9)nc(-c9cccc%10oc%11c(-c%12cccc%13oc%14ccccc%14c%12%13)cccc%11c9%10)n8)cc7)ccc56)ccc4c4ccccc34)nc(-c3cccc4oc5cc(-c6cc7sc8ccccc8c7c7ccccc67)ccc5c34)n2)C1. The molecular formula is C105H62N6O3S. The van der Waals surface area contributed by atoms with E-state index in [1.807, 2.05) is 47.7 Å². The lowest BCUT2D eigenvalue weighted by atomic mass is 9.91. The number of nitrogens with zero attached hydrogens (tertiary/aromatic N) is 6. The summed E-state index contributed by atoms with van der Waals surface area (Å²) in [6.07, 6.45) is 7.35. The molecule has 17 aromatic carbocycles. The van der Waals surface area contributed by atoms with Crippen molar-refractivity contribution in [3.05, 3.63) is 346 Å². The molecule has 1 atom stereocenters. The molecule has 0 fully saturated rings. The summed E-state index contributed by atoms with van der Waals surface area (Å²) < 4.78 is 22.8. The summed E-state index contributed by atoms with van der Waals surface area (Å²) in [6, 6.07) is 114. The van der Waals surface area contributed by atoms with Gasteiger partial charge >= 0.3 is 0 Å². The summed E-state index contributed by atoms with van der Waals surface area (Å²) in [5.74, 6) is 3.87. The number of benzene rings is 17. The standard InChI is InChI=1S/C105H62N6O3S/c1-59-18-12-22-68(52-59)101-108-104(84-33-16-37-90-96(84)81-51-48-67(57-92(81)113-90)86-58-94-98(77-26-7-6-25-76(77)86)82-28-9-11-39-93(82)115-94)111-105(110-101)87-56-70-55-66(47-50-73(70)74-23-4-5-24-75(74)87)71-29-13-21-65-53-64(46-49-72(65)71)61-40-43-62(44-41-61)100-106-102(69-45-42-60-19-2-3-20-63(60)54-69)109-103(107-100)85-34-17-38-91-97(85)83-32-14-31-79(99(83)114-91)78-30-15-36-89-95(78)80-27-8-10-35-88(80)112-89/h2-51,53-59H,52H2,1H3. The van der Waals surface area contributed by atoms with Crippen LogP contribution in [0.3, 0.4) is 0 Å². The molecule has 23 aromatic rings. The fraction of sp³-hybridized carbons (Fsp3) is 0.0286. The van der Waals surface area contributed by atoms with E-state index in [1.54, 1.807) is 0 Å². The Labute approximate surface area is 661 Å². The monoisotopic (exact) mass is 1490 g/mol. The van der Waals surface area contributed by atoms with Crippen LogP contribution in [-0.4, -0.2) is 29.9 Å². The lowest BCUT2D eigenvalue weighted by Crippen LogP contribution is -2.06. The summed E-state index contributed by atoms with van der Waals surface area (Å²) >= 11 is 1.85. The molecule has 1 aliphatic rings.